The van der Waals surface area contributed by atoms with Crippen LogP contribution < -0.4 is 25.4 Å². The number of benzene rings is 4. The molecule has 3 atom stereocenters. The number of halogens is 2. The largest absolute Gasteiger partial charge is 0.489 e. The lowest BCUT2D eigenvalue weighted by molar-refractivity contribution is -0.145. The lowest BCUT2D eigenvalue weighted by Gasteiger charge is -2.31. The minimum Gasteiger partial charge on any atom is -0.489 e. The third kappa shape index (κ3) is 8.16. The van der Waals surface area contributed by atoms with E-state index in [1.165, 1.54) is 7.11 Å². The number of fused-ring (bicyclic) bond motifs is 2. The van der Waals surface area contributed by atoms with Gasteiger partial charge in [0, 0.05) is 30.3 Å². The Bertz CT molecular complexity index is 2260. The topological polar surface area (TPSA) is 152 Å². The Balaban J connectivity index is 0.969. The van der Waals surface area contributed by atoms with E-state index < -0.39 is 24.2 Å². The summed E-state index contributed by atoms with van der Waals surface area (Å²) in [7, 11) is 1.29. The maximum atomic E-state index is 13.5. The van der Waals surface area contributed by atoms with Crippen LogP contribution in [-0.4, -0.2) is 42.0 Å². The minimum atomic E-state index is -0.903. The molecule has 3 unspecified atom stereocenters. The van der Waals surface area contributed by atoms with Gasteiger partial charge in [0.1, 0.15) is 29.3 Å². The average molecular weight is 763 g/mol. The number of esters is 1. The molecule has 54 heavy (non-hydrogen) atoms. The fourth-order valence-electron chi connectivity index (χ4n) is 6.38. The number of ether oxygens (including phenoxy) is 3. The third-order valence-corrected chi connectivity index (χ3v) is 9.99. The van der Waals surface area contributed by atoms with Crippen molar-refractivity contribution >= 4 is 46.7 Å². The number of carbonyl (C=O) groups is 3. The molecule has 2 amide bonds. The van der Waals surface area contributed by atoms with E-state index in [0.29, 0.717) is 46.3 Å². The van der Waals surface area contributed by atoms with Gasteiger partial charge in [0.05, 0.1) is 35.5 Å². The van der Waals surface area contributed by atoms with Gasteiger partial charge in [0.2, 0.25) is 12.0 Å². The first-order valence-corrected chi connectivity index (χ1v) is 17.8. The molecule has 7 rings (SSSR count). The van der Waals surface area contributed by atoms with Gasteiger partial charge in [0.25, 0.3) is 5.91 Å². The highest BCUT2D eigenvalue weighted by Crippen LogP contribution is 2.38. The van der Waals surface area contributed by atoms with Crippen molar-refractivity contribution < 1.29 is 28.6 Å². The number of hydrogen-bond acceptors (Lipinski definition) is 9. The first-order chi connectivity index (χ1) is 26.2. The minimum absolute atomic E-state index is 0.226. The predicted molar refractivity (Wildman–Crippen MR) is 202 cm³/mol. The van der Waals surface area contributed by atoms with E-state index in [1.807, 2.05) is 48.5 Å². The summed E-state index contributed by atoms with van der Waals surface area (Å²) in [6.07, 6.45) is 1.29. The van der Waals surface area contributed by atoms with Crippen molar-refractivity contribution in [3.05, 3.63) is 141 Å². The van der Waals surface area contributed by atoms with Crippen molar-refractivity contribution in [2.75, 3.05) is 12.4 Å². The van der Waals surface area contributed by atoms with Crippen molar-refractivity contribution in [1.29, 1.82) is 5.26 Å². The molecule has 0 bridgehead atoms. The quantitative estimate of drug-likeness (QED) is 0.107. The van der Waals surface area contributed by atoms with Crippen molar-refractivity contribution in [3.63, 3.8) is 0 Å². The van der Waals surface area contributed by atoms with Crippen LogP contribution in [0.15, 0.2) is 97.2 Å². The highest BCUT2D eigenvalue weighted by molar-refractivity contribution is 6.41. The van der Waals surface area contributed by atoms with Gasteiger partial charge in [-0.25, -0.2) is 9.78 Å². The van der Waals surface area contributed by atoms with Gasteiger partial charge >= 0.3 is 5.97 Å². The van der Waals surface area contributed by atoms with Crippen LogP contribution in [0.25, 0.3) is 11.1 Å². The third-order valence-electron chi connectivity index (χ3n) is 9.31. The molecule has 0 aliphatic carbocycles. The van der Waals surface area contributed by atoms with Crippen LogP contribution in [0.1, 0.15) is 39.5 Å². The van der Waals surface area contributed by atoms with Crippen LogP contribution in [0.3, 0.4) is 0 Å². The number of methoxy groups -OCH3 is 1. The average Bonchev–Trinajstić information content (AvgIpc) is 3.20. The molecule has 3 heterocycles. The van der Waals surface area contributed by atoms with Crippen molar-refractivity contribution in [1.82, 2.24) is 15.6 Å². The van der Waals surface area contributed by atoms with Crippen LogP contribution >= 0.6 is 23.2 Å². The number of amides is 2. The highest BCUT2D eigenvalue weighted by Gasteiger charge is 2.33. The maximum absolute atomic E-state index is 13.5. The summed E-state index contributed by atoms with van der Waals surface area (Å²) in [6, 6.07) is 28.0. The van der Waals surface area contributed by atoms with Gasteiger partial charge in [0.15, 0.2) is 0 Å². The van der Waals surface area contributed by atoms with E-state index in [4.69, 9.17) is 42.7 Å². The molecule has 0 spiro atoms. The molecule has 13 heteroatoms. The fraction of sp³-hybridized carbons (Fsp3) is 0.195. The number of anilines is 1. The van der Waals surface area contributed by atoms with E-state index in [9.17, 15) is 14.4 Å². The molecule has 0 saturated heterocycles. The second-order valence-corrected chi connectivity index (χ2v) is 13.7. The Morgan fingerprint density at radius 2 is 1.70 bits per heavy atom. The number of nitriles is 1. The van der Waals surface area contributed by atoms with Crippen molar-refractivity contribution in [2.45, 2.75) is 44.2 Å². The van der Waals surface area contributed by atoms with Gasteiger partial charge in [-0.05, 0) is 76.7 Å². The summed E-state index contributed by atoms with van der Waals surface area (Å²) in [5.41, 5.74) is 7.08. The van der Waals surface area contributed by atoms with Crippen LogP contribution in [0, 0.1) is 11.3 Å². The van der Waals surface area contributed by atoms with Gasteiger partial charge < -0.3 is 30.2 Å². The monoisotopic (exact) mass is 761 g/mol. The van der Waals surface area contributed by atoms with Gasteiger partial charge in [-0.3, -0.25) is 9.59 Å². The molecule has 3 N–H and O–H groups in total. The first kappa shape index (κ1) is 36.4. The zero-order chi connectivity index (χ0) is 37.8. The lowest BCUT2D eigenvalue weighted by Crippen LogP contribution is -2.53. The molecule has 4 aromatic carbocycles. The van der Waals surface area contributed by atoms with Gasteiger partial charge in [-0.1, -0.05) is 71.7 Å². The predicted octanol–water partition coefficient (Wildman–Crippen LogP) is 6.49. The van der Waals surface area contributed by atoms with Crippen molar-refractivity contribution in [3.8, 4) is 28.7 Å². The molecule has 0 saturated carbocycles. The number of nitrogens with zero attached hydrogens (tertiary/aromatic N) is 2. The summed E-state index contributed by atoms with van der Waals surface area (Å²) in [5.74, 6) is -0.113. The number of pyridine rings is 1. The fourth-order valence-corrected chi connectivity index (χ4v) is 6.68. The first-order valence-electron chi connectivity index (χ1n) is 17.0. The second-order valence-electron chi connectivity index (χ2n) is 12.9. The molecule has 272 valence electrons. The molecular formula is C41H33Cl2N5O6. The molecule has 1 aromatic heterocycles. The number of hydrogen-bond donors (Lipinski definition) is 3. The van der Waals surface area contributed by atoms with E-state index in [0.717, 1.165) is 33.4 Å². The molecule has 0 fully saturated rings. The molecule has 11 nitrogen and oxygen atoms in total. The van der Waals surface area contributed by atoms with E-state index >= 15 is 0 Å². The lowest BCUT2D eigenvalue weighted by atomic mass is 9.93. The summed E-state index contributed by atoms with van der Waals surface area (Å²) in [5, 5.41) is 18.7. The Morgan fingerprint density at radius 3 is 2.39 bits per heavy atom. The number of nitrogens with one attached hydrogen (secondary N) is 3. The molecule has 2 aliphatic heterocycles. The van der Waals surface area contributed by atoms with E-state index in [1.54, 1.807) is 48.7 Å². The van der Waals surface area contributed by atoms with E-state index in [2.05, 4.69) is 27.0 Å². The Kier molecular flexibility index (Phi) is 10.8. The summed E-state index contributed by atoms with van der Waals surface area (Å²) < 4.78 is 17.1. The van der Waals surface area contributed by atoms with Crippen molar-refractivity contribution in [2.24, 2.45) is 0 Å². The maximum Gasteiger partial charge on any atom is 0.328 e. The summed E-state index contributed by atoms with van der Waals surface area (Å²) in [6.45, 7) is 0.616. The van der Waals surface area contributed by atoms with Crippen LogP contribution in [0.4, 0.5) is 5.69 Å². The zero-order valence-corrected chi connectivity index (χ0v) is 30.4. The SMILES string of the molecule is COC(=O)C(Cc1ccc(-c2ccc(C#N)cc2)cc1)NC(=O)C1Cc2cc3c(cc2CN1)OC(c1ccc(OCc2cnc(Cl)c(Cl)c2)cc1)C(=O)N3. The summed E-state index contributed by atoms with van der Waals surface area (Å²) in [4.78, 5) is 43.5. The molecule has 5 aromatic rings. The smallest absolute Gasteiger partial charge is 0.328 e. The Morgan fingerprint density at radius 1 is 0.981 bits per heavy atom. The molecule has 2 aliphatic rings. The van der Waals surface area contributed by atoms with Gasteiger partial charge in [-0.15, -0.1) is 0 Å². The standard InChI is InChI=1S/C41H33Cl2N5O6/c1-52-41(51)35(15-23-2-6-26(7-3-23)27-8-4-24(19-44)5-9-27)48-39(49)34-17-29-16-33-36(18-30(29)21-45-34)54-37(40(50)47-33)28-10-12-31(13-11-28)53-22-25-14-32(42)38(43)46-20-25/h2-14,16,18,20,34-35,37,45H,15,17,21-22H2,1H3,(H,47,50)(H,48,49). The number of carbonyl (C=O) groups excluding carboxylic acids is 3. The second kappa shape index (κ2) is 16.0. The zero-order valence-electron chi connectivity index (χ0n) is 28.9. The highest BCUT2D eigenvalue weighted by atomic mass is 35.5. The van der Waals surface area contributed by atoms with Crippen LogP contribution in [0.5, 0.6) is 11.5 Å². The number of rotatable bonds is 10. The van der Waals surface area contributed by atoms with Crippen LogP contribution in [-0.2, 0) is 45.1 Å². The molecule has 0 radical (unpaired) electrons. The number of aromatic nitrogens is 1. The van der Waals surface area contributed by atoms with E-state index in [-0.39, 0.29) is 30.0 Å². The molecular weight excluding hydrogens is 729 g/mol. The normalized spacial score (nSPS) is 16.4. The Hall–Kier alpha value is -5.93. The Labute approximate surface area is 321 Å². The van der Waals surface area contributed by atoms with Gasteiger partial charge in [-0.2, -0.15) is 5.26 Å². The van der Waals surface area contributed by atoms with Crippen LogP contribution in [0.2, 0.25) is 10.2 Å². The summed E-state index contributed by atoms with van der Waals surface area (Å²) >= 11 is 11.9.